The number of esters is 1. The van der Waals surface area contributed by atoms with Gasteiger partial charge in [-0.25, -0.2) is 0 Å². The van der Waals surface area contributed by atoms with Crippen molar-refractivity contribution in [3.05, 3.63) is 35.9 Å². The Morgan fingerprint density at radius 3 is 2.36 bits per heavy atom. The smallest absolute Gasteiger partial charge is 0.308 e. The molecule has 2 atom stereocenters. The van der Waals surface area contributed by atoms with Crippen LogP contribution < -0.4 is 5.32 Å². The summed E-state index contributed by atoms with van der Waals surface area (Å²) in [4.78, 5) is 24.4. The first kappa shape index (κ1) is 20.9. The molecule has 1 amide bonds. The molecular weight excluding hydrogens is 334 g/mol. The molecule has 0 aliphatic rings. The molecule has 0 aromatic heterocycles. The van der Waals surface area contributed by atoms with Crippen LogP contribution in [-0.4, -0.2) is 39.7 Å². The lowest BCUT2D eigenvalue weighted by Crippen LogP contribution is -2.39. The summed E-state index contributed by atoms with van der Waals surface area (Å²) in [5.74, 6) is 2.32. The number of amides is 1. The predicted octanol–water partition coefficient (Wildman–Crippen LogP) is 2.69. The highest BCUT2D eigenvalue weighted by atomic mass is 28.3. The van der Waals surface area contributed by atoms with Gasteiger partial charge >= 0.3 is 5.97 Å². The number of rotatable bonds is 7. The Labute approximate surface area is 151 Å². The topological polar surface area (TPSA) is 64.6 Å². The van der Waals surface area contributed by atoms with Crippen LogP contribution in [0.2, 0.25) is 19.6 Å². The Morgan fingerprint density at radius 1 is 1.20 bits per heavy atom. The van der Waals surface area contributed by atoms with Gasteiger partial charge in [0.2, 0.25) is 0 Å². The van der Waals surface area contributed by atoms with Crippen molar-refractivity contribution in [3.8, 4) is 11.5 Å². The fourth-order valence-corrected chi connectivity index (χ4v) is 2.71. The summed E-state index contributed by atoms with van der Waals surface area (Å²) >= 11 is 0. The molecule has 0 aliphatic heterocycles. The number of carbonyl (C=O) groups excluding carboxylic acids is 2. The molecule has 0 unspecified atom stereocenters. The first-order valence-electron chi connectivity index (χ1n) is 8.33. The molecule has 1 aromatic rings. The Bertz CT molecular complexity index is 628. The third-order valence-corrected chi connectivity index (χ3v) is 4.08. The van der Waals surface area contributed by atoms with Gasteiger partial charge in [0.25, 0.3) is 5.91 Å². The van der Waals surface area contributed by atoms with Crippen molar-refractivity contribution in [2.45, 2.75) is 45.1 Å². The van der Waals surface area contributed by atoms with Crippen LogP contribution in [0.5, 0.6) is 0 Å². The van der Waals surface area contributed by atoms with Gasteiger partial charge in [-0.15, -0.1) is 5.54 Å². The van der Waals surface area contributed by atoms with Gasteiger partial charge in [0.1, 0.15) is 14.1 Å². The molecule has 0 aliphatic carbocycles. The van der Waals surface area contributed by atoms with Crippen molar-refractivity contribution < 1.29 is 19.1 Å². The van der Waals surface area contributed by atoms with E-state index in [9.17, 15) is 9.59 Å². The average Bonchev–Trinajstić information content (AvgIpc) is 2.54. The maximum absolute atomic E-state index is 12.6. The zero-order valence-corrected chi connectivity index (χ0v) is 16.6. The van der Waals surface area contributed by atoms with Crippen molar-refractivity contribution in [1.82, 2.24) is 5.32 Å². The minimum absolute atomic E-state index is 0.0162. The van der Waals surface area contributed by atoms with Crippen LogP contribution >= 0.6 is 0 Å². The molecule has 1 rings (SSSR count). The van der Waals surface area contributed by atoms with E-state index in [1.165, 1.54) is 7.11 Å². The van der Waals surface area contributed by atoms with Crippen molar-refractivity contribution in [3.63, 3.8) is 0 Å². The van der Waals surface area contributed by atoms with Crippen molar-refractivity contribution in [2.75, 3.05) is 13.7 Å². The minimum atomic E-state index is -1.64. The highest BCUT2D eigenvalue weighted by Gasteiger charge is 2.24. The zero-order valence-electron chi connectivity index (χ0n) is 15.6. The van der Waals surface area contributed by atoms with E-state index in [-0.39, 0.29) is 18.3 Å². The molecule has 0 bridgehead atoms. The van der Waals surface area contributed by atoms with Gasteiger partial charge in [-0.2, -0.15) is 0 Å². The average molecular weight is 362 g/mol. The summed E-state index contributed by atoms with van der Waals surface area (Å²) < 4.78 is 10.3. The fourth-order valence-electron chi connectivity index (χ4n) is 2.10. The van der Waals surface area contributed by atoms with Gasteiger partial charge in [-0.1, -0.05) is 55.9 Å². The number of benzene rings is 1. The predicted molar refractivity (Wildman–Crippen MR) is 100 cm³/mol. The van der Waals surface area contributed by atoms with Gasteiger partial charge in [0, 0.05) is 7.11 Å². The molecule has 0 saturated heterocycles. The van der Waals surface area contributed by atoms with Crippen LogP contribution in [-0.2, 0) is 19.1 Å². The lowest BCUT2D eigenvalue weighted by molar-refractivity contribution is -0.143. The van der Waals surface area contributed by atoms with Crippen molar-refractivity contribution in [2.24, 2.45) is 0 Å². The van der Waals surface area contributed by atoms with Gasteiger partial charge in [-0.05, 0) is 12.5 Å². The maximum atomic E-state index is 12.6. The second-order valence-electron chi connectivity index (χ2n) is 6.62. The van der Waals surface area contributed by atoms with Gasteiger partial charge in [0.15, 0.2) is 6.10 Å². The molecule has 25 heavy (non-hydrogen) atoms. The molecule has 1 N–H and O–H groups in total. The van der Waals surface area contributed by atoms with E-state index in [1.807, 2.05) is 30.3 Å². The van der Waals surface area contributed by atoms with Crippen LogP contribution in [0.3, 0.4) is 0 Å². The molecule has 0 saturated carbocycles. The fraction of sp³-hybridized carbons (Fsp3) is 0.474. The first-order valence-corrected chi connectivity index (χ1v) is 11.8. The molecule has 0 heterocycles. The molecule has 136 valence electrons. The SMILES string of the molecule is CCOC(=O)C[C@H](C#C[Si](C)(C)C)NC(=O)[C@H](OC)c1ccccc1. The van der Waals surface area contributed by atoms with Gasteiger partial charge in [0.05, 0.1) is 13.0 Å². The largest absolute Gasteiger partial charge is 0.466 e. The summed E-state index contributed by atoms with van der Waals surface area (Å²) in [5, 5.41) is 2.81. The van der Waals surface area contributed by atoms with E-state index in [1.54, 1.807) is 6.92 Å². The normalized spacial score (nSPS) is 13.2. The summed E-state index contributed by atoms with van der Waals surface area (Å²) in [6.07, 6.45) is -0.734. The first-order chi connectivity index (χ1) is 11.8. The van der Waals surface area contributed by atoms with Crippen LogP contribution in [0.15, 0.2) is 30.3 Å². The molecule has 5 nitrogen and oxygen atoms in total. The number of hydrogen-bond donors (Lipinski definition) is 1. The third-order valence-electron chi connectivity index (χ3n) is 3.19. The maximum Gasteiger partial charge on any atom is 0.308 e. The van der Waals surface area contributed by atoms with E-state index in [2.05, 4.69) is 36.4 Å². The van der Waals surface area contributed by atoms with Crippen molar-refractivity contribution in [1.29, 1.82) is 0 Å². The summed E-state index contributed by atoms with van der Waals surface area (Å²) in [6.45, 7) is 8.35. The van der Waals surface area contributed by atoms with Crippen LogP contribution in [0.1, 0.15) is 25.0 Å². The quantitative estimate of drug-likeness (QED) is 0.461. The number of nitrogens with one attached hydrogen (secondary N) is 1. The zero-order chi connectivity index (χ0) is 18.9. The summed E-state index contributed by atoms with van der Waals surface area (Å²) in [6, 6.07) is 8.60. The second-order valence-corrected chi connectivity index (χ2v) is 11.4. The monoisotopic (exact) mass is 361 g/mol. The van der Waals surface area contributed by atoms with E-state index in [4.69, 9.17) is 9.47 Å². The Morgan fingerprint density at radius 2 is 1.84 bits per heavy atom. The standard InChI is InChI=1S/C19H27NO4Si/c1-6-24-17(21)14-16(12-13-25(3,4)5)20-19(22)18(23-2)15-10-8-7-9-11-15/h7-11,16,18H,6,14H2,1-5H3,(H,20,22)/t16-,18+/m0/s1. The van der Waals surface area contributed by atoms with Crippen LogP contribution in [0.25, 0.3) is 0 Å². The molecular formula is C19H27NO4Si. The second kappa shape index (κ2) is 10.0. The molecule has 0 spiro atoms. The van der Waals surface area contributed by atoms with E-state index < -0.39 is 20.2 Å². The van der Waals surface area contributed by atoms with Crippen LogP contribution in [0, 0.1) is 11.5 Å². The number of hydrogen-bond acceptors (Lipinski definition) is 4. The van der Waals surface area contributed by atoms with Gasteiger partial charge in [-0.3, -0.25) is 9.59 Å². The van der Waals surface area contributed by atoms with Crippen LogP contribution in [0.4, 0.5) is 0 Å². The Hall–Kier alpha value is -2.10. The Balaban J connectivity index is 2.92. The summed E-state index contributed by atoms with van der Waals surface area (Å²) in [5.41, 5.74) is 3.94. The molecule has 1 aromatic carbocycles. The number of methoxy groups -OCH3 is 1. The van der Waals surface area contributed by atoms with E-state index in [0.717, 1.165) is 5.56 Å². The van der Waals surface area contributed by atoms with Crippen molar-refractivity contribution >= 4 is 20.0 Å². The van der Waals surface area contributed by atoms with Gasteiger partial charge < -0.3 is 14.8 Å². The van der Waals surface area contributed by atoms with E-state index >= 15 is 0 Å². The molecule has 0 fully saturated rings. The third kappa shape index (κ3) is 8.01. The minimum Gasteiger partial charge on any atom is -0.466 e. The lowest BCUT2D eigenvalue weighted by Gasteiger charge is -2.19. The number of carbonyl (C=O) groups is 2. The lowest BCUT2D eigenvalue weighted by atomic mass is 10.1. The summed E-state index contributed by atoms with van der Waals surface area (Å²) in [7, 11) is -0.158. The Kier molecular flexibility index (Phi) is 8.39. The molecule has 6 heteroatoms. The number of ether oxygens (including phenoxy) is 2. The molecule has 0 radical (unpaired) electrons. The van der Waals surface area contributed by atoms with E-state index in [0.29, 0.717) is 6.61 Å². The highest BCUT2D eigenvalue weighted by Crippen LogP contribution is 2.16. The highest BCUT2D eigenvalue weighted by molar-refractivity contribution is 6.83.